The molecule has 0 radical (unpaired) electrons. The number of para-hydroxylation sites is 1. The summed E-state index contributed by atoms with van der Waals surface area (Å²) in [5.74, 6) is 1.16. The number of hydrogen-bond acceptors (Lipinski definition) is 4. The molecule has 2 aliphatic heterocycles. The maximum atomic E-state index is 12.3. The zero-order valence-electron chi connectivity index (χ0n) is 13.1. The summed E-state index contributed by atoms with van der Waals surface area (Å²) >= 11 is 0. The minimum absolute atomic E-state index is 0.0434. The summed E-state index contributed by atoms with van der Waals surface area (Å²) in [6.45, 7) is 2.67. The topological polar surface area (TPSA) is 79.9 Å². The van der Waals surface area contributed by atoms with Gasteiger partial charge in [0.15, 0.2) is 11.5 Å². The number of fused-ring (bicyclic) bond motifs is 1. The highest BCUT2D eigenvalue weighted by molar-refractivity contribution is 5.80. The molecule has 0 aliphatic carbocycles. The molecular weight excluding hydrogens is 298 g/mol. The molecule has 0 aromatic heterocycles. The summed E-state index contributed by atoms with van der Waals surface area (Å²) in [5, 5.41) is 5.62. The highest BCUT2D eigenvalue weighted by Crippen LogP contribution is 2.35. The van der Waals surface area contributed by atoms with Gasteiger partial charge in [-0.25, -0.2) is 4.79 Å². The van der Waals surface area contributed by atoms with Crippen LogP contribution in [0.5, 0.6) is 11.5 Å². The number of carbonyl (C=O) groups is 2. The second kappa shape index (κ2) is 6.76. The Bertz CT molecular complexity index is 605. The van der Waals surface area contributed by atoms with Gasteiger partial charge in [0, 0.05) is 26.2 Å². The molecule has 3 amide bonds. The predicted octanol–water partition coefficient (Wildman–Crippen LogP) is 0.388. The maximum absolute atomic E-state index is 12.3. The first kappa shape index (κ1) is 15.5. The van der Waals surface area contributed by atoms with E-state index >= 15 is 0 Å². The number of benzene rings is 1. The van der Waals surface area contributed by atoms with Crippen LogP contribution >= 0.6 is 0 Å². The van der Waals surface area contributed by atoms with Crippen molar-refractivity contribution >= 4 is 11.9 Å². The molecular formula is C16H21N3O4. The lowest BCUT2D eigenvalue weighted by Crippen LogP contribution is -2.41. The van der Waals surface area contributed by atoms with Gasteiger partial charge in [-0.2, -0.15) is 0 Å². The molecule has 3 rings (SSSR count). The minimum Gasteiger partial charge on any atom is -0.493 e. The molecule has 7 heteroatoms. The van der Waals surface area contributed by atoms with Crippen molar-refractivity contribution in [1.82, 2.24) is 15.5 Å². The summed E-state index contributed by atoms with van der Waals surface area (Å²) in [7, 11) is 1.60. The summed E-state index contributed by atoms with van der Waals surface area (Å²) < 4.78 is 11.0. The lowest BCUT2D eigenvalue weighted by atomic mass is 9.95. The number of ether oxygens (including phenoxy) is 2. The summed E-state index contributed by atoms with van der Waals surface area (Å²) in [5.41, 5.74) is 0.981. The fraction of sp³-hybridized carbons (Fsp3) is 0.500. The number of methoxy groups -OCH3 is 1. The fourth-order valence-corrected chi connectivity index (χ4v) is 2.91. The zero-order chi connectivity index (χ0) is 16.2. The Morgan fingerprint density at radius 2 is 2.39 bits per heavy atom. The van der Waals surface area contributed by atoms with Crippen molar-refractivity contribution in [3.05, 3.63) is 23.8 Å². The van der Waals surface area contributed by atoms with E-state index in [0.29, 0.717) is 45.0 Å². The van der Waals surface area contributed by atoms with Crippen molar-refractivity contribution in [3.63, 3.8) is 0 Å². The number of rotatable bonds is 5. The molecule has 7 nitrogen and oxygen atoms in total. The van der Waals surface area contributed by atoms with E-state index < -0.39 is 0 Å². The van der Waals surface area contributed by atoms with Crippen LogP contribution in [0.4, 0.5) is 4.79 Å². The van der Waals surface area contributed by atoms with E-state index in [4.69, 9.17) is 9.47 Å². The van der Waals surface area contributed by atoms with Crippen LogP contribution in [0.25, 0.3) is 0 Å². The molecule has 23 heavy (non-hydrogen) atoms. The van der Waals surface area contributed by atoms with E-state index in [1.165, 1.54) is 0 Å². The van der Waals surface area contributed by atoms with E-state index in [0.717, 1.165) is 11.3 Å². The van der Waals surface area contributed by atoms with E-state index in [9.17, 15) is 9.59 Å². The van der Waals surface area contributed by atoms with Crippen LogP contribution in [0.15, 0.2) is 18.2 Å². The van der Waals surface area contributed by atoms with E-state index in [2.05, 4.69) is 10.6 Å². The van der Waals surface area contributed by atoms with Crippen molar-refractivity contribution in [2.75, 3.05) is 39.9 Å². The number of carbonyl (C=O) groups excluding carboxylic acids is 2. The first-order chi connectivity index (χ1) is 11.2. The van der Waals surface area contributed by atoms with Gasteiger partial charge in [-0.15, -0.1) is 0 Å². The van der Waals surface area contributed by atoms with Gasteiger partial charge in [0.1, 0.15) is 6.61 Å². The molecule has 124 valence electrons. The van der Waals surface area contributed by atoms with Crippen molar-refractivity contribution in [1.29, 1.82) is 0 Å². The molecule has 0 saturated carbocycles. The zero-order valence-corrected chi connectivity index (χ0v) is 13.1. The molecule has 0 unspecified atom stereocenters. The van der Waals surface area contributed by atoms with Gasteiger partial charge < -0.3 is 25.0 Å². The standard InChI is InChI=1S/C16H21N3O4/c1-22-13-4-2-3-11-9-12(10-23-14(11)13)15(20)17-5-7-19-8-6-18-16(19)21/h2-4,12H,5-10H2,1H3,(H,17,20)(H,18,21)/t12-/m1/s1. The lowest BCUT2D eigenvalue weighted by molar-refractivity contribution is -0.126. The molecule has 1 fully saturated rings. The molecule has 1 saturated heterocycles. The number of amides is 3. The monoisotopic (exact) mass is 319 g/mol. The Kier molecular flexibility index (Phi) is 4.55. The number of hydrogen-bond donors (Lipinski definition) is 2. The summed E-state index contributed by atoms with van der Waals surface area (Å²) in [6.07, 6.45) is 0.628. The van der Waals surface area contributed by atoms with Crippen LogP contribution in [0.1, 0.15) is 5.56 Å². The normalized spacial score (nSPS) is 19.6. The second-order valence-electron chi connectivity index (χ2n) is 5.67. The largest absolute Gasteiger partial charge is 0.493 e. The average molecular weight is 319 g/mol. The quantitative estimate of drug-likeness (QED) is 0.823. The molecule has 1 aromatic rings. The van der Waals surface area contributed by atoms with Crippen molar-refractivity contribution in [3.8, 4) is 11.5 Å². The third-order valence-corrected chi connectivity index (χ3v) is 4.17. The summed E-state index contributed by atoms with van der Waals surface area (Å²) in [4.78, 5) is 25.4. The third kappa shape index (κ3) is 3.33. The molecule has 2 heterocycles. The Morgan fingerprint density at radius 1 is 1.52 bits per heavy atom. The lowest BCUT2D eigenvalue weighted by Gasteiger charge is -2.26. The predicted molar refractivity (Wildman–Crippen MR) is 83.7 cm³/mol. The Balaban J connectivity index is 1.52. The summed E-state index contributed by atoms with van der Waals surface area (Å²) in [6, 6.07) is 5.63. The molecule has 1 aromatic carbocycles. The van der Waals surface area contributed by atoms with Gasteiger partial charge >= 0.3 is 6.03 Å². The second-order valence-corrected chi connectivity index (χ2v) is 5.67. The van der Waals surface area contributed by atoms with Gasteiger partial charge in [-0.05, 0) is 18.1 Å². The van der Waals surface area contributed by atoms with E-state index in [1.54, 1.807) is 12.0 Å². The molecule has 1 atom stereocenters. The van der Waals surface area contributed by atoms with Gasteiger partial charge in [0.2, 0.25) is 5.91 Å². The third-order valence-electron chi connectivity index (χ3n) is 4.17. The SMILES string of the molecule is COc1cccc2c1OC[C@H](C(=O)NCCN1CCNC1=O)C2. The van der Waals surface area contributed by atoms with Crippen molar-refractivity contribution < 1.29 is 19.1 Å². The number of nitrogens with one attached hydrogen (secondary N) is 2. The Morgan fingerprint density at radius 3 is 3.13 bits per heavy atom. The van der Waals surface area contributed by atoms with E-state index in [1.807, 2.05) is 18.2 Å². The van der Waals surface area contributed by atoms with Crippen LogP contribution in [-0.4, -0.2) is 56.7 Å². The minimum atomic E-state index is -0.220. The molecule has 2 N–H and O–H groups in total. The van der Waals surface area contributed by atoms with Gasteiger partial charge in [-0.1, -0.05) is 12.1 Å². The Labute approximate surface area is 134 Å². The smallest absolute Gasteiger partial charge is 0.317 e. The fourth-order valence-electron chi connectivity index (χ4n) is 2.91. The first-order valence-electron chi connectivity index (χ1n) is 7.78. The highest BCUT2D eigenvalue weighted by Gasteiger charge is 2.28. The number of nitrogens with zero attached hydrogens (tertiary/aromatic N) is 1. The first-order valence-corrected chi connectivity index (χ1v) is 7.78. The number of urea groups is 1. The average Bonchev–Trinajstić information content (AvgIpc) is 2.98. The Hall–Kier alpha value is -2.44. The molecule has 2 aliphatic rings. The van der Waals surface area contributed by atoms with E-state index in [-0.39, 0.29) is 17.9 Å². The van der Waals surface area contributed by atoms with Crippen LogP contribution in [0.3, 0.4) is 0 Å². The highest BCUT2D eigenvalue weighted by atomic mass is 16.5. The van der Waals surface area contributed by atoms with Crippen LogP contribution in [0, 0.1) is 5.92 Å². The van der Waals surface area contributed by atoms with Gasteiger partial charge in [-0.3, -0.25) is 4.79 Å². The van der Waals surface area contributed by atoms with Crippen molar-refractivity contribution in [2.45, 2.75) is 6.42 Å². The van der Waals surface area contributed by atoms with Crippen molar-refractivity contribution in [2.24, 2.45) is 5.92 Å². The van der Waals surface area contributed by atoms with Crippen LogP contribution in [0.2, 0.25) is 0 Å². The molecule has 0 bridgehead atoms. The molecule has 0 spiro atoms. The van der Waals surface area contributed by atoms with Gasteiger partial charge in [0.05, 0.1) is 13.0 Å². The maximum Gasteiger partial charge on any atom is 0.317 e. The van der Waals surface area contributed by atoms with Crippen LogP contribution in [-0.2, 0) is 11.2 Å². The van der Waals surface area contributed by atoms with Gasteiger partial charge in [0.25, 0.3) is 0 Å². The van der Waals surface area contributed by atoms with Crippen LogP contribution < -0.4 is 20.1 Å².